The van der Waals surface area contributed by atoms with Crippen molar-refractivity contribution in [3.63, 3.8) is 0 Å². The number of hydrogen-bond donors (Lipinski definition) is 1. The topological polar surface area (TPSA) is 86.8 Å². The molecule has 2 saturated heterocycles. The first-order valence-electron chi connectivity index (χ1n) is 5.83. The second kappa shape index (κ2) is 4.20. The summed E-state index contributed by atoms with van der Waals surface area (Å²) >= 11 is 0. The van der Waals surface area contributed by atoms with Crippen LogP contribution in [0.5, 0.6) is 0 Å². The van der Waals surface area contributed by atoms with E-state index in [0.717, 1.165) is 0 Å². The fraction of sp³-hybridized carbons (Fsp3) is 0.800. The zero-order chi connectivity index (χ0) is 13.6. The van der Waals surface area contributed by atoms with Gasteiger partial charge < -0.3 is 10.2 Å². The van der Waals surface area contributed by atoms with Crippen LogP contribution in [0.4, 0.5) is 0 Å². The van der Waals surface area contributed by atoms with Crippen LogP contribution in [0.25, 0.3) is 0 Å². The molecule has 8 heteroatoms. The van der Waals surface area contributed by atoms with E-state index in [4.69, 9.17) is 0 Å². The summed E-state index contributed by atoms with van der Waals surface area (Å²) < 4.78 is 22.9. The van der Waals surface area contributed by atoms with E-state index in [2.05, 4.69) is 5.32 Å². The summed E-state index contributed by atoms with van der Waals surface area (Å²) in [5.41, 5.74) is 0. The molecule has 2 fully saturated rings. The van der Waals surface area contributed by atoms with Gasteiger partial charge in [0.1, 0.15) is 6.54 Å². The quantitative estimate of drug-likeness (QED) is 0.654. The van der Waals surface area contributed by atoms with Crippen molar-refractivity contribution in [2.24, 2.45) is 0 Å². The van der Waals surface area contributed by atoms with E-state index in [0.29, 0.717) is 30.5 Å². The Bertz CT molecular complexity index is 479. The van der Waals surface area contributed by atoms with Crippen molar-refractivity contribution in [1.82, 2.24) is 14.5 Å². The Morgan fingerprint density at radius 1 is 1.33 bits per heavy atom. The maximum absolute atomic E-state index is 11.9. The minimum absolute atomic E-state index is 0.316. The Morgan fingerprint density at radius 2 is 1.89 bits per heavy atom. The van der Waals surface area contributed by atoms with E-state index in [1.165, 1.54) is 13.8 Å². The average molecular weight is 275 g/mol. The molecular weight excluding hydrogens is 258 g/mol. The summed E-state index contributed by atoms with van der Waals surface area (Å²) in [6, 6.07) is 0. The SMILES string of the molecule is CC1(C)C(=O)N(CC(=O)N2CCNCC2)S1(=O)=O. The van der Waals surface area contributed by atoms with E-state index < -0.39 is 20.7 Å². The molecule has 0 spiro atoms. The van der Waals surface area contributed by atoms with Crippen molar-refractivity contribution in [3.8, 4) is 0 Å². The maximum atomic E-state index is 11.9. The molecule has 7 nitrogen and oxygen atoms in total. The second-order valence-electron chi connectivity index (χ2n) is 4.96. The molecule has 0 aliphatic carbocycles. The third kappa shape index (κ3) is 1.79. The van der Waals surface area contributed by atoms with Crippen molar-refractivity contribution in [2.75, 3.05) is 32.7 Å². The highest BCUT2D eigenvalue weighted by Crippen LogP contribution is 2.34. The second-order valence-corrected chi connectivity index (χ2v) is 7.37. The molecule has 0 aromatic rings. The van der Waals surface area contributed by atoms with Crippen molar-refractivity contribution in [1.29, 1.82) is 0 Å². The maximum Gasteiger partial charge on any atom is 0.259 e. The monoisotopic (exact) mass is 275 g/mol. The smallest absolute Gasteiger partial charge is 0.259 e. The van der Waals surface area contributed by atoms with Crippen LogP contribution in [0.1, 0.15) is 13.8 Å². The summed E-state index contributed by atoms with van der Waals surface area (Å²) in [6.45, 7) is 4.82. The molecule has 0 radical (unpaired) electrons. The van der Waals surface area contributed by atoms with Gasteiger partial charge in [0.05, 0.1) is 0 Å². The number of nitrogens with zero attached hydrogens (tertiary/aromatic N) is 2. The van der Waals surface area contributed by atoms with Crippen LogP contribution in [0.15, 0.2) is 0 Å². The van der Waals surface area contributed by atoms with Gasteiger partial charge in [-0.3, -0.25) is 9.59 Å². The third-order valence-corrected chi connectivity index (χ3v) is 5.76. The van der Waals surface area contributed by atoms with Gasteiger partial charge >= 0.3 is 0 Å². The van der Waals surface area contributed by atoms with Gasteiger partial charge in [-0.05, 0) is 13.8 Å². The Morgan fingerprint density at radius 3 is 2.39 bits per heavy atom. The zero-order valence-electron chi connectivity index (χ0n) is 10.5. The van der Waals surface area contributed by atoms with Crippen LogP contribution >= 0.6 is 0 Å². The number of amides is 2. The Kier molecular flexibility index (Phi) is 3.10. The van der Waals surface area contributed by atoms with Crippen LogP contribution < -0.4 is 5.32 Å². The molecule has 0 aromatic carbocycles. The van der Waals surface area contributed by atoms with Crippen LogP contribution in [0.2, 0.25) is 0 Å². The molecule has 2 amide bonds. The third-order valence-electron chi connectivity index (χ3n) is 3.43. The Balaban J connectivity index is 2.03. The first kappa shape index (κ1) is 13.3. The molecule has 0 unspecified atom stereocenters. The highest BCUT2D eigenvalue weighted by Gasteiger charge is 2.60. The number of carbonyl (C=O) groups is 2. The molecule has 2 aliphatic heterocycles. The first-order valence-corrected chi connectivity index (χ1v) is 7.27. The van der Waals surface area contributed by atoms with Gasteiger partial charge in [-0.25, -0.2) is 12.7 Å². The molecule has 2 heterocycles. The lowest BCUT2D eigenvalue weighted by Crippen LogP contribution is -2.68. The van der Waals surface area contributed by atoms with E-state index in [1.807, 2.05) is 0 Å². The van der Waals surface area contributed by atoms with Crippen molar-refractivity contribution in [2.45, 2.75) is 18.6 Å². The standard InChI is InChI=1S/C10H17N3O4S/c1-10(2)9(15)13(18(10,16)17)7-8(14)12-5-3-11-4-6-12/h11H,3-7H2,1-2H3. The largest absolute Gasteiger partial charge is 0.339 e. The summed E-state index contributed by atoms with van der Waals surface area (Å²) in [7, 11) is -3.66. The summed E-state index contributed by atoms with van der Waals surface area (Å²) in [5.74, 6) is -0.824. The minimum atomic E-state index is -3.66. The number of hydrogen-bond acceptors (Lipinski definition) is 5. The number of sulfonamides is 1. The Labute approximate surface area is 106 Å². The molecule has 0 aromatic heterocycles. The van der Waals surface area contributed by atoms with E-state index in [-0.39, 0.29) is 12.5 Å². The summed E-state index contributed by atoms with van der Waals surface area (Å²) in [4.78, 5) is 25.1. The predicted octanol–water partition coefficient (Wildman–Crippen LogP) is -1.63. The lowest BCUT2D eigenvalue weighted by atomic mass is 10.2. The summed E-state index contributed by atoms with van der Waals surface area (Å²) in [6.07, 6.45) is 0. The minimum Gasteiger partial charge on any atom is -0.339 e. The van der Waals surface area contributed by atoms with Gasteiger partial charge in [-0.2, -0.15) is 0 Å². The van der Waals surface area contributed by atoms with Gasteiger partial charge in [-0.15, -0.1) is 0 Å². The normalized spacial score (nSPS) is 25.8. The van der Waals surface area contributed by atoms with E-state index in [9.17, 15) is 18.0 Å². The van der Waals surface area contributed by atoms with Gasteiger partial charge in [0, 0.05) is 26.2 Å². The molecule has 2 aliphatic rings. The molecule has 0 atom stereocenters. The average Bonchev–Trinajstić information content (AvgIpc) is 2.35. The van der Waals surface area contributed by atoms with Gasteiger partial charge in [0.2, 0.25) is 5.91 Å². The molecular formula is C10H17N3O4S. The molecule has 18 heavy (non-hydrogen) atoms. The predicted molar refractivity (Wildman–Crippen MR) is 64.2 cm³/mol. The molecule has 0 saturated carbocycles. The molecule has 2 rings (SSSR count). The van der Waals surface area contributed by atoms with Crippen LogP contribution in [-0.2, 0) is 19.6 Å². The van der Waals surface area contributed by atoms with Crippen molar-refractivity contribution in [3.05, 3.63) is 0 Å². The highest BCUT2D eigenvalue weighted by molar-refractivity contribution is 7.94. The van der Waals surface area contributed by atoms with Crippen LogP contribution in [-0.4, -0.2) is 66.9 Å². The first-order chi connectivity index (χ1) is 8.28. The fourth-order valence-corrected chi connectivity index (χ4v) is 3.53. The van der Waals surface area contributed by atoms with Gasteiger partial charge in [-0.1, -0.05) is 0 Å². The highest BCUT2D eigenvalue weighted by atomic mass is 32.2. The van der Waals surface area contributed by atoms with Crippen molar-refractivity contribution >= 4 is 21.8 Å². The number of carbonyl (C=O) groups excluding carboxylic acids is 2. The molecule has 1 N–H and O–H groups in total. The zero-order valence-corrected chi connectivity index (χ0v) is 11.3. The lowest BCUT2D eigenvalue weighted by molar-refractivity contribution is -0.140. The van der Waals surface area contributed by atoms with Crippen LogP contribution in [0, 0.1) is 0 Å². The van der Waals surface area contributed by atoms with Crippen LogP contribution in [0.3, 0.4) is 0 Å². The summed E-state index contributed by atoms with van der Waals surface area (Å²) in [5, 5.41) is 3.10. The van der Waals surface area contributed by atoms with E-state index >= 15 is 0 Å². The Hall–Kier alpha value is -1.15. The van der Waals surface area contributed by atoms with Gasteiger partial charge in [0.15, 0.2) is 4.75 Å². The number of rotatable bonds is 2. The van der Waals surface area contributed by atoms with E-state index in [1.54, 1.807) is 4.90 Å². The number of piperazine rings is 1. The van der Waals surface area contributed by atoms with Gasteiger partial charge in [0.25, 0.3) is 15.9 Å². The molecule has 0 bridgehead atoms. The number of nitrogens with one attached hydrogen (secondary N) is 1. The van der Waals surface area contributed by atoms with Crippen molar-refractivity contribution < 1.29 is 18.0 Å². The lowest BCUT2D eigenvalue weighted by Gasteiger charge is -2.43. The molecule has 102 valence electrons. The fourth-order valence-electron chi connectivity index (χ4n) is 2.05.